The molecule has 0 bridgehead atoms. The second kappa shape index (κ2) is 16.4. The van der Waals surface area contributed by atoms with Crippen LogP contribution in [-0.2, 0) is 4.74 Å². The normalized spacial score (nSPS) is 15.3. The summed E-state index contributed by atoms with van der Waals surface area (Å²) in [6.07, 6.45) is 4.56. The van der Waals surface area contributed by atoms with Gasteiger partial charge in [-0.15, -0.1) is 0 Å². The quantitative estimate of drug-likeness (QED) is 0.595. The molecule has 1 atom stereocenters. The van der Waals surface area contributed by atoms with Gasteiger partial charge in [0, 0.05) is 30.9 Å². The minimum Gasteiger partial charge on any atom is -0.475 e. The first-order valence-corrected chi connectivity index (χ1v) is 8.36. The van der Waals surface area contributed by atoms with Gasteiger partial charge in [-0.2, -0.15) is 0 Å². The summed E-state index contributed by atoms with van der Waals surface area (Å²) in [5, 5.41) is 0. The van der Waals surface area contributed by atoms with Gasteiger partial charge in [0.1, 0.15) is 6.61 Å². The van der Waals surface area contributed by atoms with Gasteiger partial charge in [-0.1, -0.05) is 85.4 Å². The summed E-state index contributed by atoms with van der Waals surface area (Å²) in [6.45, 7) is 16.5. The van der Waals surface area contributed by atoms with Crippen molar-refractivity contribution in [3.05, 3.63) is 49.7 Å². The van der Waals surface area contributed by atoms with Crippen molar-refractivity contribution in [3.63, 3.8) is 0 Å². The van der Waals surface area contributed by atoms with Crippen LogP contribution in [0, 0.1) is 25.8 Å². The second-order valence-corrected chi connectivity index (χ2v) is 5.54. The van der Waals surface area contributed by atoms with Gasteiger partial charge in [0.15, 0.2) is 0 Å². The SMILES string of the molecule is CC(C)[C@H]1COC(c2[c]cccc2)=N1.[CH2]CCC.[CH2]CCC.[HH].[Sn]. The topological polar surface area (TPSA) is 21.6 Å². The first-order valence-electron chi connectivity index (χ1n) is 8.36. The number of hydrogen-bond donors (Lipinski definition) is 0. The van der Waals surface area contributed by atoms with E-state index in [2.05, 4.69) is 52.6 Å². The third-order valence-electron chi connectivity index (χ3n) is 3.09. The maximum atomic E-state index is 5.53. The van der Waals surface area contributed by atoms with E-state index in [0.717, 1.165) is 24.3 Å². The molecule has 0 amide bonds. The fourth-order valence-electron chi connectivity index (χ4n) is 1.40. The summed E-state index contributed by atoms with van der Waals surface area (Å²) in [6, 6.07) is 11.2. The van der Waals surface area contributed by atoms with Gasteiger partial charge in [-0.05, 0) is 18.1 Å². The Hall–Kier alpha value is -0.511. The maximum Gasteiger partial charge on any atom is 0.217 e. The van der Waals surface area contributed by atoms with Gasteiger partial charge in [0.25, 0.3) is 0 Å². The van der Waals surface area contributed by atoms with E-state index in [0.29, 0.717) is 18.6 Å². The maximum absolute atomic E-state index is 5.53. The molecule has 0 aliphatic carbocycles. The van der Waals surface area contributed by atoms with E-state index in [1.165, 1.54) is 12.8 Å². The molecule has 0 fully saturated rings. The smallest absolute Gasteiger partial charge is 0.217 e. The van der Waals surface area contributed by atoms with Crippen LogP contribution in [-0.4, -0.2) is 42.5 Å². The number of unbranched alkanes of at least 4 members (excludes halogenated alkanes) is 2. The van der Waals surface area contributed by atoms with Crippen LogP contribution in [0.25, 0.3) is 0 Å². The zero-order valence-electron chi connectivity index (χ0n) is 15.3. The zero-order valence-corrected chi connectivity index (χ0v) is 18.1. The molecule has 3 heteroatoms. The molecule has 0 N–H and O–H groups in total. The van der Waals surface area contributed by atoms with E-state index in [4.69, 9.17) is 4.74 Å². The summed E-state index contributed by atoms with van der Waals surface area (Å²) in [5.41, 5.74) is 0.954. The Balaban J connectivity index is -0.000000378. The number of benzene rings is 1. The van der Waals surface area contributed by atoms with Crippen molar-refractivity contribution < 1.29 is 6.16 Å². The van der Waals surface area contributed by atoms with Crippen molar-refractivity contribution in [1.82, 2.24) is 0 Å². The van der Waals surface area contributed by atoms with Crippen LogP contribution >= 0.6 is 0 Å². The first-order chi connectivity index (χ1) is 10.6. The van der Waals surface area contributed by atoms with Crippen LogP contribution in [0.5, 0.6) is 0 Å². The summed E-state index contributed by atoms with van der Waals surface area (Å²) in [7, 11) is 0. The Labute approximate surface area is 162 Å². The van der Waals surface area contributed by atoms with Crippen LogP contribution in [0.2, 0.25) is 0 Å². The molecule has 1 aliphatic heterocycles. The summed E-state index contributed by atoms with van der Waals surface area (Å²) >= 11 is 0. The number of aliphatic imine (C=N–C) groups is 1. The number of hydrogen-bond acceptors (Lipinski definition) is 2. The predicted octanol–water partition coefficient (Wildman–Crippen LogP) is 5.39. The van der Waals surface area contributed by atoms with Crippen molar-refractivity contribution >= 4 is 29.8 Å². The largest absolute Gasteiger partial charge is 0.475 e. The fourth-order valence-corrected chi connectivity index (χ4v) is 1.40. The zero-order chi connectivity index (χ0) is 16.8. The standard InChI is InChI=1S/C12H14NO.2C4H9.Sn.H2/c1-9(2)11-8-14-12(13-11)10-6-4-3-5-7-10;2*1-3-4-2;;/h3-6,9,11H,8H2,1-2H3;2*1,3-4H2,2H3;;1H/t11-;;;;/m1..../s1. The molecular weight excluding hydrogens is 389 g/mol. The van der Waals surface area contributed by atoms with E-state index in [1.807, 2.05) is 24.3 Å². The minimum atomic E-state index is 0. The molecule has 7 radical (unpaired) electrons. The van der Waals surface area contributed by atoms with E-state index >= 15 is 0 Å². The molecule has 1 aliphatic rings. The van der Waals surface area contributed by atoms with Crippen molar-refractivity contribution in [3.8, 4) is 0 Å². The average Bonchev–Trinajstić information content (AvgIpc) is 3.06. The molecule has 1 aromatic carbocycles. The predicted molar refractivity (Wildman–Crippen MR) is 105 cm³/mol. The molecule has 0 spiro atoms. The van der Waals surface area contributed by atoms with Crippen molar-refractivity contribution in [2.45, 2.75) is 59.4 Å². The molecule has 2 rings (SSSR count). The van der Waals surface area contributed by atoms with Crippen molar-refractivity contribution in [2.75, 3.05) is 6.61 Å². The van der Waals surface area contributed by atoms with Crippen LogP contribution < -0.4 is 0 Å². The Bertz CT molecular complexity index is 388. The van der Waals surface area contributed by atoms with Gasteiger partial charge >= 0.3 is 0 Å². The molecule has 1 heterocycles. The molecule has 23 heavy (non-hydrogen) atoms. The van der Waals surface area contributed by atoms with Gasteiger partial charge < -0.3 is 4.74 Å². The van der Waals surface area contributed by atoms with E-state index in [1.54, 1.807) is 0 Å². The van der Waals surface area contributed by atoms with Gasteiger partial charge in [-0.25, -0.2) is 4.99 Å². The molecule has 0 unspecified atom stereocenters. The van der Waals surface area contributed by atoms with E-state index in [9.17, 15) is 0 Å². The third kappa shape index (κ3) is 11.6. The minimum absolute atomic E-state index is 0. The second-order valence-electron chi connectivity index (χ2n) is 5.54. The molecule has 1 aromatic rings. The molecular formula is C20H34NOSn. The monoisotopic (exact) mass is 424 g/mol. The molecule has 2 nitrogen and oxygen atoms in total. The van der Waals surface area contributed by atoms with E-state index < -0.39 is 0 Å². The Kier molecular flexibility index (Phi) is 17.6. The van der Waals surface area contributed by atoms with Gasteiger partial charge in [0.05, 0.1) is 6.04 Å². The van der Waals surface area contributed by atoms with Crippen molar-refractivity contribution in [1.29, 1.82) is 0 Å². The van der Waals surface area contributed by atoms with Crippen LogP contribution in [0.1, 0.15) is 60.4 Å². The van der Waals surface area contributed by atoms with E-state index in [-0.39, 0.29) is 25.3 Å². The van der Waals surface area contributed by atoms with Crippen LogP contribution in [0.3, 0.4) is 0 Å². The third-order valence-corrected chi connectivity index (χ3v) is 3.09. The van der Waals surface area contributed by atoms with Crippen molar-refractivity contribution in [2.24, 2.45) is 10.9 Å². The average molecular weight is 423 g/mol. The molecule has 0 saturated heterocycles. The van der Waals surface area contributed by atoms with Gasteiger partial charge in [0.2, 0.25) is 5.90 Å². The summed E-state index contributed by atoms with van der Waals surface area (Å²) < 4.78 is 5.53. The van der Waals surface area contributed by atoms with Crippen LogP contribution in [0.15, 0.2) is 29.3 Å². The number of rotatable bonds is 4. The van der Waals surface area contributed by atoms with Crippen LogP contribution in [0.4, 0.5) is 0 Å². The summed E-state index contributed by atoms with van der Waals surface area (Å²) in [4.78, 5) is 4.52. The number of nitrogens with zero attached hydrogens (tertiary/aromatic N) is 1. The Morgan fingerprint density at radius 2 is 1.83 bits per heavy atom. The van der Waals surface area contributed by atoms with Gasteiger partial charge in [-0.3, -0.25) is 0 Å². The fraction of sp³-hybridized carbons (Fsp3) is 0.550. The summed E-state index contributed by atoms with van der Waals surface area (Å²) in [5.74, 6) is 1.28. The number of ether oxygens (including phenoxy) is 1. The molecule has 129 valence electrons. The molecule has 0 saturated carbocycles. The Morgan fingerprint density at radius 3 is 2.17 bits per heavy atom. The molecule has 0 aromatic heterocycles. The Morgan fingerprint density at radius 1 is 1.26 bits per heavy atom. The first kappa shape index (κ1) is 24.7.